The molecule has 0 atom stereocenters. The van der Waals surface area contributed by atoms with Crippen LogP contribution in [0.25, 0.3) is 0 Å². The van der Waals surface area contributed by atoms with E-state index in [1.807, 2.05) is 66.7 Å². The van der Waals surface area contributed by atoms with Gasteiger partial charge in [-0.15, -0.1) is 0 Å². The Bertz CT molecular complexity index is 1950. The minimum Gasteiger partial charge on any atom is -0.508 e. The van der Waals surface area contributed by atoms with Crippen molar-refractivity contribution in [3.8, 4) is 23.0 Å². The number of benzene rings is 6. The van der Waals surface area contributed by atoms with Gasteiger partial charge in [-0.05, 0) is 56.9 Å². The summed E-state index contributed by atoms with van der Waals surface area (Å²) in [5, 5.41) is 12.8. The third-order valence-corrected chi connectivity index (χ3v) is 14.2. The van der Waals surface area contributed by atoms with Crippen molar-refractivity contribution < 1.29 is 23.7 Å². The van der Waals surface area contributed by atoms with Crippen LogP contribution in [0, 0.1) is 0 Å². The molecule has 51 heavy (non-hydrogen) atoms. The maximum absolute atomic E-state index is 10.6. The Hall–Kier alpha value is -5.30. The van der Waals surface area contributed by atoms with Gasteiger partial charge in [0.15, 0.2) is 0 Å². The van der Waals surface area contributed by atoms with Crippen molar-refractivity contribution in [2.45, 2.75) is 52.1 Å². The van der Waals surface area contributed by atoms with Crippen molar-refractivity contribution >= 4 is 18.7 Å². The molecule has 0 unspecified atom stereocenters. The third kappa shape index (κ3) is 8.36. The molecule has 5 nitrogen and oxygen atoms in total. The molecule has 0 spiro atoms. The van der Waals surface area contributed by atoms with Crippen molar-refractivity contribution in [1.29, 1.82) is 0 Å². The topological polar surface area (TPSA) is 57.2 Å². The highest BCUT2D eigenvalue weighted by molar-refractivity contribution is 6.99. The maximum Gasteiger partial charge on any atom is 0.261 e. The zero-order valence-electron chi connectivity index (χ0n) is 29.8. The molecule has 0 aromatic heterocycles. The van der Waals surface area contributed by atoms with Crippen LogP contribution >= 0.6 is 0 Å². The second-order valence-electron chi connectivity index (χ2n) is 13.7. The second kappa shape index (κ2) is 16.1. The number of phenols is 1. The number of hydrogen-bond donors (Lipinski definition) is 1. The zero-order chi connectivity index (χ0) is 35.7. The maximum atomic E-state index is 10.6. The van der Waals surface area contributed by atoms with E-state index in [-0.39, 0.29) is 10.8 Å². The van der Waals surface area contributed by atoms with Crippen LogP contribution in [0.2, 0.25) is 5.04 Å². The first-order chi connectivity index (χ1) is 24.8. The Labute approximate surface area is 303 Å². The van der Waals surface area contributed by atoms with Crippen molar-refractivity contribution in [3.63, 3.8) is 0 Å². The average Bonchev–Trinajstić information content (AvgIpc) is 3.15. The van der Waals surface area contributed by atoms with Gasteiger partial charge in [0, 0.05) is 23.1 Å². The summed E-state index contributed by atoms with van der Waals surface area (Å²) in [4.78, 5) is 0. The predicted molar refractivity (Wildman–Crippen MR) is 208 cm³/mol. The fourth-order valence-electron chi connectivity index (χ4n) is 6.78. The lowest BCUT2D eigenvalue weighted by molar-refractivity contribution is 0.273. The minimum atomic E-state index is -2.86. The third-order valence-electron chi connectivity index (χ3n) is 9.19. The van der Waals surface area contributed by atoms with Gasteiger partial charge in [-0.2, -0.15) is 0 Å². The molecule has 0 amide bonds. The van der Waals surface area contributed by atoms with Crippen LogP contribution in [-0.4, -0.2) is 20.5 Å². The van der Waals surface area contributed by atoms with Gasteiger partial charge in [0.25, 0.3) is 8.32 Å². The molecule has 0 heterocycles. The monoisotopic (exact) mass is 694 g/mol. The van der Waals surface area contributed by atoms with Crippen molar-refractivity contribution in [1.82, 2.24) is 0 Å². The summed E-state index contributed by atoms with van der Waals surface area (Å²) in [6.07, 6.45) is 0.441. The molecule has 0 aliphatic carbocycles. The van der Waals surface area contributed by atoms with Crippen molar-refractivity contribution in [2.24, 2.45) is 0 Å². The largest absolute Gasteiger partial charge is 0.508 e. The van der Waals surface area contributed by atoms with Gasteiger partial charge in [-0.25, -0.2) is 0 Å². The standard InChI is InChI=1S/C45H46O5Si/c1-45(2,3)51(41-21-13-7-14-22-41,42-23-15-8-16-24-42)50-33-38-30-40(48-31-34-17-9-5-10-18-34)29-37(44(38)47-4)27-36-28-39(46)25-26-43(36)49-32-35-19-11-6-12-20-35/h5-26,28-30,46H,27,31-33H2,1-4H3. The minimum absolute atomic E-state index is 0.169. The average molecular weight is 695 g/mol. The van der Waals surface area contributed by atoms with Gasteiger partial charge in [0.2, 0.25) is 0 Å². The van der Waals surface area contributed by atoms with Crippen LogP contribution in [0.3, 0.4) is 0 Å². The highest BCUT2D eigenvalue weighted by atomic mass is 28.4. The van der Waals surface area contributed by atoms with E-state index in [4.69, 9.17) is 18.6 Å². The highest BCUT2D eigenvalue weighted by Gasteiger charge is 2.50. The van der Waals surface area contributed by atoms with Gasteiger partial charge >= 0.3 is 0 Å². The van der Waals surface area contributed by atoms with E-state index in [0.29, 0.717) is 37.7 Å². The smallest absolute Gasteiger partial charge is 0.261 e. The van der Waals surface area contributed by atoms with Crippen LogP contribution in [0.4, 0.5) is 0 Å². The molecule has 260 valence electrons. The summed E-state index contributed by atoms with van der Waals surface area (Å²) in [7, 11) is -1.16. The molecule has 0 fully saturated rings. The summed E-state index contributed by atoms with van der Waals surface area (Å²) in [5.41, 5.74) is 4.76. The number of methoxy groups -OCH3 is 1. The summed E-state index contributed by atoms with van der Waals surface area (Å²) in [5.74, 6) is 2.29. The zero-order valence-corrected chi connectivity index (χ0v) is 30.8. The first-order valence-electron chi connectivity index (χ1n) is 17.4. The predicted octanol–water partition coefficient (Wildman–Crippen LogP) is 9.23. The molecule has 6 rings (SSSR count). The second-order valence-corrected chi connectivity index (χ2v) is 18.0. The first kappa shape index (κ1) is 35.5. The first-order valence-corrected chi connectivity index (χ1v) is 19.3. The van der Waals surface area contributed by atoms with Crippen LogP contribution in [-0.2, 0) is 30.7 Å². The van der Waals surface area contributed by atoms with Crippen molar-refractivity contribution in [2.75, 3.05) is 7.11 Å². The van der Waals surface area contributed by atoms with E-state index in [9.17, 15) is 5.11 Å². The number of phenolic OH excluding ortho intramolecular Hbond substituents is 1. The molecule has 6 heteroatoms. The number of hydrogen-bond acceptors (Lipinski definition) is 5. The highest BCUT2D eigenvalue weighted by Crippen LogP contribution is 2.40. The lowest BCUT2D eigenvalue weighted by Gasteiger charge is -2.43. The van der Waals surface area contributed by atoms with E-state index in [1.165, 1.54) is 10.4 Å². The summed E-state index contributed by atoms with van der Waals surface area (Å²) < 4.78 is 26.4. The Morgan fingerprint density at radius 1 is 0.549 bits per heavy atom. The molecule has 0 bridgehead atoms. The summed E-state index contributed by atoms with van der Waals surface area (Å²) in [6.45, 7) is 7.97. The molecule has 6 aromatic rings. The van der Waals surface area contributed by atoms with E-state index in [1.54, 1.807) is 19.2 Å². The summed E-state index contributed by atoms with van der Waals surface area (Å²) >= 11 is 0. The van der Waals surface area contributed by atoms with E-state index < -0.39 is 8.32 Å². The normalized spacial score (nSPS) is 11.6. The van der Waals surface area contributed by atoms with Gasteiger partial charge < -0.3 is 23.7 Å². The van der Waals surface area contributed by atoms with E-state index in [0.717, 1.165) is 33.6 Å². The number of rotatable bonds is 14. The molecular formula is C45H46O5Si. The fraction of sp³-hybridized carbons (Fsp3) is 0.200. The van der Waals surface area contributed by atoms with Gasteiger partial charge in [-0.1, -0.05) is 142 Å². The van der Waals surface area contributed by atoms with Crippen LogP contribution < -0.4 is 24.6 Å². The SMILES string of the molecule is COc1c(CO[Si](c2ccccc2)(c2ccccc2)C(C)(C)C)cc(OCc2ccccc2)cc1Cc1cc(O)ccc1OCc1ccccc1. The lowest BCUT2D eigenvalue weighted by atomic mass is 9.99. The molecule has 0 radical (unpaired) electrons. The Morgan fingerprint density at radius 2 is 1.06 bits per heavy atom. The van der Waals surface area contributed by atoms with Crippen LogP contribution in [0.5, 0.6) is 23.0 Å². The molecule has 1 N–H and O–H groups in total. The quantitative estimate of drug-likeness (QED) is 0.115. The molecule has 0 aliphatic rings. The van der Waals surface area contributed by atoms with E-state index in [2.05, 4.69) is 93.6 Å². The van der Waals surface area contributed by atoms with E-state index >= 15 is 0 Å². The van der Waals surface area contributed by atoms with Crippen LogP contribution in [0.1, 0.15) is 48.6 Å². The molecule has 0 saturated carbocycles. The Morgan fingerprint density at radius 3 is 1.59 bits per heavy atom. The lowest BCUT2D eigenvalue weighted by Crippen LogP contribution is -2.66. The fourth-order valence-corrected chi connectivity index (χ4v) is 11.3. The molecular weight excluding hydrogens is 649 g/mol. The van der Waals surface area contributed by atoms with Crippen LogP contribution in [0.15, 0.2) is 152 Å². The van der Waals surface area contributed by atoms with Gasteiger partial charge in [0.05, 0.1) is 13.7 Å². The van der Waals surface area contributed by atoms with Crippen molar-refractivity contribution in [3.05, 3.63) is 179 Å². The number of aromatic hydroxyl groups is 1. The number of ether oxygens (including phenoxy) is 3. The molecule has 0 saturated heterocycles. The molecule has 6 aromatic carbocycles. The Kier molecular flexibility index (Phi) is 11.2. The van der Waals surface area contributed by atoms with Gasteiger partial charge in [0.1, 0.15) is 36.2 Å². The summed E-state index contributed by atoms with van der Waals surface area (Å²) in [6, 6.07) is 50.8. The molecule has 0 aliphatic heterocycles. The Balaban J connectivity index is 1.41. The van der Waals surface area contributed by atoms with Gasteiger partial charge in [-0.3, -0.25) is 0 Å².